The zero-order chi connectivity index (χ0) is 16.9. The topological polar surface area (TPSA) is 82.2 Å². The maximum atomic E-state index is 12.0. The molecule has 8 heteroatoms. The lowest BCUT2D eigenvalue weighted by Crippen LogP contribution is -2.54. The van der Waals surface area contributed by atoms with Gasteiger partial charge in [-0.1, -0.05) is 0 Å². The van der Waals surface area contributed by atoms with Gasteiger partial charge in [0, 0.05) is 40.3 Å². The smallest absolute Gasteiger partial charge is 0.408 e. The Hall–Kier alpha value is -1.99. The fourth-order valence-corrected chi connectivity index (χ4v) is 2.00. The van der Waals surface area contributed by atoms with Gasteiger partial charge in [0.1, 0.15) is 12.1 Å². The average molecular weight is 314 g/mol. The van der Waals surface area contributed by atoms with E-state index in [0.29, 0.717) is 26.2 Å². The second-order valence-corrected chi connectivity index (χ2v) is 6.40. The van der Waals surface area contributed by atoms with Crippen LogP contribution in [0.2, 0.25) is 0 Å². The Balaban J connectivity index is 2.34. The Labute approximate surface area is 131 Å². The minimum atomic E-state index is -0.609. The summed E-state index contributed by atoms with van der Waals surface area (Å²) < 4.78 is 5.07. The number of amides is 4. The molecule has 0 aromatic heterocycles. The Bertz CT molecular complexity index is 423. The molecule has 126 valence electrons. The van der Waals surface area contributed by atoms with Crippen molar-refractivity contribution in [3.05, 3.63) is 0 Å². The number of nitrogens with zero attached hydrogens (tertiary/aromatic N) is 3. The summed E-state index contributed by atoms with van der Waals surface area (Å²) in [5.74, 6) is -0.178. The molecular weight excluding hydrogens is 288 g/mol. The van der Waals surface area contributed by atoms with Crippen LogP contribution in [0, 0.1) is 0 Å². The lowest BCUT2D eigenvalue weighted by atomic mass is 10.2. The van der Waals surface area contributed by atoms with Crippen molar-refractivity contribution in [1.29, 1.82) is 0 Å². The van der Waals surface area contributed by atoms with E-state index in [1.54, 1.807) is 44.7 Å². The third-order valence-corrected chi connectivity index (χ3v) is 3.07. The van der Waals surface area contributed by atoms with E-state index in [-0.39, 0.29) is 18.5 Å². The molecule has 0 saturated carbocycles. The van der Waals surface area contributed by atoms with Gasteiger partial charge in [-0.25, -0.2) is 9.59 Å². The summed E-state index contributed by atoms with van der Waals surface area (Å²) in [6, 6.07) is -0.0565. The van der Waals surface area contributed by atoms with Crippen LogP contribution in [0.5, 0.6) is 0 Å². The number of nitrogens with one attached hydrogen (secondary N) is 1. The molecule has 0 aromatic carbocycles. The van der Waals surface area contributed by atoms with Gasteiger partial charge in [-0.05, 0) is 20.8 Å². The van der Waals surface area contributed by atoms with Crippen LogP contribution < -0.4 is 5.32 Å². The number of hydrogen-bond donors (Lipinski definition) is 1. The first-order chi connectivity index (χ1) is 10.1. The van der Waals surface area contributed by atoms with Gasteiger partial charge in [-0.2, -0.15) is 0 Å². The van der Waals surface area contributed by atoms with E-state index in [1.807, 2.05) is 0 Å². The first-order valence-electron chi connectivity index (χ1n) is 7.31. The van der Waals surface area contributed by atoms with Crippen LogP contribution in [0.25, 0.3) is 0 Å². The molecule has 0 spiro atoms. The van der Waals surface area contributed by atoms with Gasteiger partial charge in [0.2, 0.25) is 5.91 Å². The molecule has 0 aromatic rings. The van der Waals surface area contributed by atoms with Gasteiger partial charge < -0.3 is 24.8 Å². The van der Waals surface area contributed by atoms with E-state index in [2.05, 4.69) is 5.32 Å². The van der Waals surface area contributed by atoms with Crippen molar-refractivity contribution in [2.24, 2.45) is 0 Å². The third kappa shape index (κ3) is 5.79. The molecule has 1 fully saturated rings. The molecular formula is C14H26N4O4. The molecule has 0 radical (unpaired) electrons. The standard InChI is InChI=1S/C14H26N4O4/c1-14(2,3)22-12(20)15-10-11(19)17-6-8-18(9-7-17)13(21)16(4)5/h6-10H2,1-5H3,(H,15,20). The average Bonchev–Trinajstić information content (AvgIpc) is 2.42. The molecule has 22 heavy (non-hydrogen) atoms. The highest BCUT2D eigenvalue weighted by molar-refractivity contribution is 5.82. The number of rotatable bonds is 2. The summed E-state index contributed by atoms with van der Waals surface area (Å²) in [6.45, 7) is 7.10. The van der Waals surface area contributed by atoms with Crippen molar-refractivity contribution < 1.29 is 19.1 Å². The van der Waals surface area contributed by atoms with Gasteiger partial charge in [0.25, 0.3) is 0 Å². The number of urea groups is 1. The number of carbonyl (C=O) groups excluding carboxylic acids is 3. The zero-order valence-corrected chi connectivity index (χ0v) is 14.0. The van der Waals surface area contributed by atoms with E-state index in [1.165, 1.54) is 4.90 Å². The molecule has 1 rings (SSSR count). The zero-order valence-electron chi connectivity index (χ0n) is 14.0. The van der Waals surface area contributed by atoms with Gasteiger partial charge in [0.15, 0.2) is 0 Å². The van der Waals surface area contributed by atoms with Crippen LogP contribution >= 0.6 is 0 Å². The number of piperazine rings is 1. The first kappa shape index (κ1) is 18.1. The molecule has 1 saturated heterocycles. The molecule has 0 aliphatic carbocycles. The SMILES string of the molecule is CN(C)C(=O)N1CCN(C(=O)CNC(=O)OC(C)(C)C)CC1. The van der Waals surface area contributed by atoms with Crippen molar-refractivity contribution in [2.75, 3.05) is 46.8 Å². The Kier molecular flexibility index (Phi) is 6.01. The van der Waals surface area contributed by atoms with Crippen molar-refractivity contribution in [2.45, 2.75) is 26.4 Å². The normalized spacial score (nSPS) is 15.3. The molecule has 4 amide bonds. The summed E-state index contributed by atoms with van der Waals surface area (Å²) in [4.78, 5) is 40.2. The largest absolute Gasteiger partial charge is 0.444 e. The molecule has 0 unspecified atom stereocenters. The lowest BCUT2D eigenvalue weighted by molar-refractivity contribution is -0.131. The molecule has 1 N–H and O–H groups in total. The van der Waals surface area contributed by atoms with E-state index >= 15 is 0 Å². The predicted molar refractivity (Wildman–Crippen MR) is 81.5 cm³/mol. The fraction of sp³-hybridized carbons (Fsp3) is 0.786. The minimum absolute atomic E-state index is 0.0565. The molecule has 1 heterocycles. The summed E-state index contributed by atoms with van der Waals surface area (Å²) in [5, 5.41) is 2.45. The Morgan fingerprint density at radius 2 is 1.55 bits per heavy atom. The van der Waals surface area contributed by atoms with E-state index in [9.17, 15) is 14.4 Å². The lowest BCUT2D eigenvalue weighted by Gasteiger charge is -2.36. The van der Waals surface area contributed by atoms with Gasteiger partial charge >= 0.3 is 12.1 Å². The second kappa shape index (κ2) is 7.33. The van der Waals surface area contributed by atoms with Gasteiger partial charge in [-0.3, -0.25) is 4.79 Å². The van der Waals surface area contributed by atoms with Crippen LogP contribution in [-0.4, -0.2) is 85.2 Å². The monoisotopic (exact) mass is 314 g/mol. The Morgan fingerprint density at radius 3 is 2.00 bits per heavy atom. The van der Waals surface area contributed by atoms with Crippen LogP contribution in [0.4, 0.5) is 9.59 Å². The predicted octanol–water partition coefficient (Wildman–Crippen LogP) is 0.337. The molecule has 0 atom stereocenters. The third-order valence-electron chi connectivity index (χ3n) is 3.07. The highest BCUT2D eigenvalue weighted by atomic mass is 16.6. The molecule has 1 aliphatic rings. The molecule has 1 aliphatic heterocycles. The Morgan fingerprint density at radius 1 is 1.05 bits per heavy atom. The van der Waals surface area contributed by atoms with Crippen LogP contribution in [-0.2, 0) is 9.53 Å². The van der Waals surface area contributed by atoms with Crippen LogP contribution in [0.1, 0.15) is 20.8 Å². The maximum Gasteiger partial charge on any atom is 0.408 e. The van der Waals surface area contributed by atoms with Crippen LogP contribution in [0.15, 0.2) is 0 Å². The van der Waals surface area contributed by atoms with Gasteiger partial charge in [-0.15, -0.1) is 0 Å². The van der Waals surface area contributed by atoms with E-state index in [0.717, 1.165) is 0 Å². The highest BCUT2D eigenvalue weighted by Crippen LogP contribution is 2.07. The van der Waals surface area contributed by atoms with Crippen molar-refractivity contribution in [1.82, 2.24) is 20.0 Å². The van der Waals surface area contributed by atoms with E-state index in [4.69, 9.17) is 4.74 Å². The summed E-state index contributed by atoms with van der Waals surface area (Å²) in [5.41, 5.74) is -0.592. The number of hydrogen-bond acceptors (Lipinski definition) is 4. The maximum absolute atomic E-state index is 12.0. The quantitative estimate of drug-likeness (QED) is 0.796. The van der Waals surface area contributed by atoms with Crippen molar-refractivity contribution >= 4 is 18.0 Å². The number of ether oxygens (including phenoxy) is 1. The van der Waals surface area contributed by atoms with Crippen molar-refractivity contribution in [3.63, 3.8) is 0 Å². The second-order valence-electron chi connectivity index (χ2n) is 6.40. The summed E-state index contributed by atoms with van der Waals surface area (Å²) >= 11 is 0. The van der Waals surface area contributed by atoms with Crippen molar-refractivity contribution in [3.8, 4) is 0 Å². The molecule has 0 bridgehead atoms. The highest BCUT2D eigenvalue weighted by Gasteiger charge is 2.25. The van der Waals surface area contributed by atoms with E-state index < -0.39 is 11.7 Å². The summed E-state index contributed by atoms with van der Waals surface area (Å²) in [6.07, 6.45) is -0.609. The molecule has 8 nitrogen and oxygen atoms in total. The number of carbonyl (C=O) groups is 3. The summed E-state index contributed by atoms with van der Waals surface area (Å²) in [7, 11) is 3.40. The fourth-order valence-electron chi connectivity index (χ4n) is 2.00. The first-order valence-corrected chi connectivity index (χ1v) is 7.31. The minimum Gasteiger partial charge on any atom is -0.444 e. The number of alkyl carbamates (subject to hydrolysis) is 1. The van der Waals surface area contributed by atoms with Gasteiger partial charge in [0.05, 0.1) is 0 Å². The van der Waals surface area contributed by atoms with Crippen LogP contribution in [0.3, 0.4) is 0 Å².